The molecule has 0 N–H and O–H groups in total. The third-order valence-electron chi connectivity index (χ3n) is 3.41. The van der Waals surface area contributed by atoms with Crippen molar-refractivity contribution in [2.45, 2.75) is 25.7 Å². The summed E-state index contributed by atoms with van der Waals surface area (Å²) in [5.74, 6) is 1.40. The molecule has 1 aliphatic rings. The van der Waals surface area contributed by atoms with E-state index in [1.165, 1.54) is 11.3 Å². The molecular formula is C17H19BrO5S2. The maximum atomic E-state index is 12.3. The van der Waals surface area contributed by atoms with Gasteiger partial charge in [-0.15, -0.1) is 11.3 Å². The SMILES string of the molecule is CC(C)(C)COS(=O)(=O)c1ccc(-c2sc(Br)c3c2OCCO3)cc1. The third-order valence-corrected chi connectivity index (χ3v) is 6.52. The van der Waals surface area contributed by atoms with Gasteiger partial charge in [0.25, 0.3) is 10.1 Å². The van der Waals surface area contributed by atoms with Crippen LogP contribution in [0.25, 0.3) is 10.4 Å². The average molecular weight is 447 g/mol. The fourth-order valence-electron chi connectivity index (χ4n) is 2.20. The quantitative estimate of drug-likeness (QED) is 0.636. The molecule has 0 radical (unpaired) electrons. The van der Waals surface area contributed by atoms with Gasteiger partial charge in [-0.2, -0.15) is 8.42 Å². The second-order valence-corrected chi connectivity index (χ2v) is 10.8. The molecule has 0 amide bonds. The van der Waals surface area contributed by atoms with Gasteiger partial charge in [0.15, 0.2) is 11.5 Å². The zero-order chi connectivity index (χ0) is 18.2. The van der Waals surface area contributed by atoms with Crippen LogP contribution in [0, 0.1) is 5.41 Å². The minimum Gasteiger partial charge on any atom is -0.485 e. The lowest BCUT2D eigenvalue weighted by molar-refractivity contribution is 0.173. The van der Waals surface area contributed by atoms with Crippen LogP contribution in [0.1, 0.15) is 20.8 Å². The van der Waals surface area contributed by atoms with Gasteiger partial charge < -0.3 is 9.47 Å². The first-order valence-electron chi connectivity index (χ1n) is 7.75. The van der Waals surface area contributed by atoms with Crippen molar-refractivity contribution < 1.29 is 22.1 Å². The summed E-state index contributed by atoms with van der Waals surface area (Å²) in [6.45, 7) is 6.91. The van der Waals surface area contributed by atoms with Crippen LogP contribution in [-0.4, -0.2) is 28.2 Å². The second-order valence-electron chi connectivity index (χ2n) is 6.86. The zero-order valence-corrected chi connectivity index (χ0v) is 17.4. The van der Waals surface area contributed by atoms with E-state index in [2.05, 4.69) is 15.9 Å². The number of rotatable bonds is 4. The van der Waals surface area contributed by atoms with Crippen LogP contribution in [0.15, 0.2) is 32.9 Å². The predicted molar refractivity (Wildman–Crippen MR) is 101 cm³/mol. The summed E-state index contributed by atoms with van der Waals surface area (Å²) in [6.07, 6.45) is 0. The lowest BCUT2D eigenvalue weighted by Crippen LogP contribution is -2.18. The van der Waals surface area contributed by atoms with Crippen molar-refractivity contribution in [1.29, 1.82) is 0 Å². The van der Waals surface area contributed by atoms with Crippen molar-refractivity contribution >= 4 is 37.4 Å². The molecule has 0 fully saturated rings. The smallest absolute Gasteiger partial charge is 0.296 e. The molecule has 1 aromatic carbocycles. The number of benzene rings is 1. The molecule has 0 saturated carbocycles. The van der Waals surface area contributed by atoms with E-state index in [-0.39, 0.29) is 16.9 Å². The van der Waals surface area contributed by atoms with E-state index in [0.717, 1.165) is 14.2 Å². The lowest BCUT2D eigenvalue weighted by Gasteiger charge is -2.18. The Bertz CT molecular complexity index is 864. The summed E-state index contributed by atoms with van der Waals surface area (Å²) in [4.78, 5) is 1.04. The summed E-state index contributed by atoms with van der Waals surface area (Å²) in [7, 11) is -3.77. The van der Waals surface area contributed by atoms with Gasteiger partial charge in [0.2, 0.25) is 0 Å². The average Bonchev–Trinajstić information content (AvgIpc) is 2.90. The Hall–Kier alpha value is -1.09. The first kappa shape index (κ1) is 18.7. The summed E-state index contributed by atoms with van der Waals surface area (Å²) in [5.41, 5.74) is 0.638. The fourth-order valence-corrected chi connectivity index (χ4v) is 5.02. The van der Waals surface area contributed by atoms with Crippen LogP contribution in [0.5, 0.6) is 11.5 Å². The highest BCUT2D eigenvalue weighted by molar-refractivity contribution is 9.11. The first-order valence-corrected chi connectivity index (χ1v) is 10.8. The van der Waals surface area contributed by atoms with Gasteiger partial charge in [0.05, 0.1) is 16.4 Å². The Labute approximate surface area is 160 Å². The first-order chi connectivity index (χ1) is 11.7. The molecule has 2 heterocycles. The topological polar surface area (TPSA) is 61.8 Å². The van der Waals surface area contributed by atoms with Crippen molar-refractivity contribution in [2.75, 3.05) is 19.8 Å². The van der Waals surface area contributed by atoms with E-state index in [1.807, 2.05) is 20.8 Å². The summed E-state index contributed by atoms with van der Waals surface area (Å²) < 4.78 is 41.9. The van der Waals surface area contributed by atoms with Crippen LogP contribution in [0.4, 0.5) is 0 Å². The van der Waals surface area contributed by atoms with Crippen molar-refractivity contribution in [1.82, 2.24) is 0 Å². The van der Waals surface area contributed by atoms with Crippen molar-refractivity contribution in [2.24, 2.45) is 5.41 Å². The second kappa shape index (κ2) is 6.90. The maximum Gasteiger partial charge on any atom is 0.296 e. The number of ether oxygens (including phenoxy) is 2. The van der Waals surface area contributed by atoms with Gasteiger partial charge >= 0.3 is 0 Å². The molecule has 0 atom stereocenters. The van der Waals surface area contributed by atoms with Gasteiger partial charge in [-0.1, -0.05) is 32.9 Å². The highest BCUT2D eigenvalue weighted by atomic mass is 79.9. The third kappa shape index (κ3) is 4.19. The molecule has 1 aromatic heterocycles. The van der Waals surface area contributed by atoms with E-state index in [0.29, 0.717) is 24.7 Å². The van der Waals surface area contributed by atoms with Crippen molar-refractivity contribution in [3.63, 3.8) is 0 Å². The normalized spacial score (nSPS) is 14.6. The Kier molecular flexibility index (Phi) is 5.16. The summed E-state index contributed by atoms with van der Waals surface area (Å²) in [6, 6.07) is 6.61. The molecule has 8 heteroatoms. The molecule has 1 aliphatic heterocycles. The van der Waals surface area contributed by atoms with E-state index < -0.39 is 10.1 Å². The minimum absolute atomic E-state index is 0.133. The molecule has 0 unspecified atom stereocenters. The van der Waals surface area contributed by atoms with Crippen LogP contribution in [0.3, 0.4) is 0 Å². The van der Waals surface area contributed by atoms with Crippen LogP contribution in [-0.2, 0) is 14.3 Å². The van der Waals surface area contributed by atoms with Gasteiger partial charge in [-0.3, -0.25) is 4.18 Å². The molecule has 136 valence electrons. The predicted octanol–water partition coefficient (Wildman–Crippen LogP) is 4.70. The minimum atomic E-state index is -3.77. The molecule has 3 rings (SSSR count). The molecule has 0 spiro atoms. The highest BCUT2D eigenvalue weighted by Gasteiger charge is 2.25. The fraction of sp³-hybridized carbons (Fsp3) is 0.412. The monoisotopic (exact) mass is 446 g/mol. The molecule has 5 nitrogen and oxygen atoms in total. The zero-order valence-electron chi connectivity index (χ0n) is 14.2. The number of fused-ring (bicyclic) bond motifs is 1. The van der Waals surface area contributed by atoms with Crippen LogP contribution < -0.4 is 9.47 Å². The van der Waals surface area contributed by atoms with Crippen molar-refractivity contribution in [3.05, 3.63) is 28.1 Å². The molecule has 25 heavy (non-hydrogen) atoms. The molecule has 2 aromatic rings. The summed E-state index contributed by atoms with van der Waals surface area (Å²) >= 11 is 4.98. The van der Waals surface area contributed by atoms with Gasteiger partial charge in [-0.05, 0) is 39.0 Å². The van der Waals surface area contributed by atoms with E-state index in [9.17, 15) is 8.42 Å². The van der Waals surface area contributed by atoms with Gasteiger partial charge in [0.1, 0.15) is 17.0 Å². The van der Waals surface area contributed by atoms with Gasteiger partial charge in [0, 0.05) is 0 Å². The van der Waals surface area contributed by atoms with Crippen LogP contribution >= 0.6 is 27.3 Å². The van der Waals surface area contributed by atoms with Crippen molar-refractivity contribution in [3.8, 4) is 21.9 Å². The maximum absolute atomic E-state index is 12.3. The number of hydrogen-bond acceptors (Lipinski definition) is 6. The van der Waals surface area contributed by atoms with Gasteiger partial charge in [-0.25, -0.2) is 0 Å². The summed E-state index contributed by atoms with van der Waals surface area (Å²) in [5, 5.41) is 0. The largest absolute Gasteiger partial charge is 0.485 e. The number of halogens is 1. The molecule has 0 saturated heterocycles. The Morgan fingerprint density at radius 2 is 1.72 bits per heavy atom. The standard InChI is InChI=1S/C17H19BrO5S2/c1-17(2,3)10-23-25(19,20)12-6-4-11(5-7-12)15-13-14(16(18)24-15)22-9-8-21-13/h4-7H,8-10H2,1-3H3. The lowest BCUT2D eigenvalue weighted by atomic mass is 9.99. The van der Waals surface area contributed by atoms with Crippen LogP contribution in [0.2, 0.25) is 0 Å². The number of hydrogen-bond donors (Lipinski definition) is 0. The molecule has 0 bridgehead atoms. The molecular weight excluding hydrogens is 428 g/mol. The Balaban J connectivity index is 1.86. The Morgan fingerprint density at radius 3 is 2.32 bits per heavy atom. The van der Waals surface area contributed by atoms with E-state index in [1.54, 1.807) is 24.3 Å². The molecule has 0 aliphatic carbocycles. The highest BCUT2D eigenvalue weighted by Crippen LogP contribution is 2.51. The number of thiophene rings is 1. The Morgan fingerprint density at radius 1 is 1.12 bits per heavy atom. The van der Waals surface area contributed by atoms with E-state index in [4.69, 9.17) is 13.7 Å². The van der Waals surface area contributed by atoms with E-state index >= 15 is 0 Å².